The molecule has 0 spiro atoms. The van der Waals surface area contributed by atoms with Crippen LogP contribution in [0.1, 0.15) is 56.3 Å². The van der Waals surface area contributed by atoms with Gasteiger partial charge in [0.05, 0.1) is 4.90 Å². The minimum absolute atomic E-state index is 0.0640. The Morgan fingerprint density at radius 2 is 1.64 bits per heavy atom. The van der Waals surface area contributed by atoms with E-state index < -0.39 is 15.8 Å². The van der Waals surface area contributed by atoms with Crippen LogP contribution in [0.4, 0.5) is 4.39 Å². The van der Waals surface area contributed by atoms with Gasteiger partial charge in [0.15, 0.2) is 0 Å². The number of piperidine rings is 1. The third kappa shape index (κ3) is 3.41. The molecule has 9 heteroatoms. The molecule has 152 valence electrons. The van der Waals surface area contributed by atoms with Gasteiger partial charge < -0.3 is 0 Å². The molecule has 1 aromatic carbocycles. The molecular weight excluding hydrogens is 383 g/mol. The summed E-state index contributed by atoms with van der Waals surface area (Å²) < 4.78 is 43.4. The molecule has 2 heterocycles. The highest BCUT2D eigenvalue weighted by molar-refractivity contribution is 7.89. The van der Waals surface area contributed by atoms with Gasteiger partial charge in [0.1, 0.15) is 11.6 Å². The Morgan fingerprint density at radius 3 is 2.25 bits per heavy atom. The maximum Gasteiger partial charge on any atom is 0.345 e. The molecule has 1 saturated carbocycles. The van der Waals surface area contributed by atoms with Gasteiger partial charge in [-0.05, 0) is 49.9 Å². The summed E-state index contributed by atoms with van der Waals surface area (Å²) >= 11 is 0. The summed E-state index contributed by atoms with van der Waals surface area (Å²) in [6.07, 6.45) is 5.47. The molecule has 2 aromatic rings. The van der Waals surface area contributed by atoms with E-state index in [0.29, 0.717) is 25.9 Å². The van der Waals surface area contributed by atoms with Gasteiger partial charge in [0.25, 0.3) is 0 Å². The maximum atomic E-state index is 13.1. The van der Waals surface area contributed by atoms with Gasteiger partial charge in [-0.15, -0.1) is 0 Å². The number of hydrogen-bond acceptors (Lipinski definition) is 4. The molecule has 1 aliphatic heterocycles. The van der Waals surface area contributed by atoms with Crippen LogP contribution in [0.2, 0.25) is 0 Å². The summed E-state index contributed by atoms with van der Waals surface area (Å²) in [6.45, 7) is 0.722. The minimum Gasteiger partial charge on any atom is -0.276 e. The van der Waals surface area contributed by atoms with E-state index in [1.54, 1.807) is 7.05 Å². The molecule has 1 aliphatic carbocycles. The topological polar surface area (TPSA) is 77.2 Å². The summed E-state index contributed by atoms with van der Waals surface area (Å²) in [5, 5.41) is 4.49. The van der Waals surface area contributed by atoms with Crippen LogP contribution < -0.4 is 5.69 Å². The van der Waals surface area contributed by atoms with Crippen LogP contribution in [0, 0.1) is 5.82 Å². The zero-order valence-electron chi connectivity index (χ0n) is 15.9. The molecule has 28 heavy (non-hydrogen) atoms. The number of benzene rings is 1. The van der Waals surface area contributed by atoms with Gasteiger partial charge in [0.2, 0.25) is 10.0 Å². The molecular formula is C19H25FN4O3S. The molecule has 1 aromatic heterocycles. The predicted molar refractivity (Wildman–Crippen MR) is 102 cm³/mol. The lowest BCUT2D eigenvalue weighted by Crippen LogP contribution is -2.38. The molecule has 0 N–H and O–H groups in total. The van der Waals surface area contributed by atoms with E-state index >= 15 is 0 Å². The molecule has 2 aliphatic rings. The summed E-state index contributed by atoms with van der Waals surface area (Å²) in [5.74, 6) is 0.394. The van der Waals surface area contributed by atoms with Crippen LogP contribution in [-0.4, -0.2) is 40.2 Å². The summed E-state index contributed by atoms with van der Waals surface area (Å²) in [4.78, 5) is 12.7. The number of rotatable bonds is 4. The minimum atomic E-state index is -3.64. The number of hydrogen-bond donors (Lipinski definition) is 0. The Kier molecular flexibility index (Phi) is 5.13. The molecule has 7 nitrogen and oxygen atoms in total. The number of halogens is 1. The van der Waals surface area contributed by atoms with Crippen molar-refractivity contribution in [2.24, 2.45) is 7.05 Å². The van der Waals surface area contributed by atoms with Gasteiger partial charge in [0, 0.05) is 32.1 Å². The quantitative estimate of drug-likeness (QED) is 0.778. The first-order valence-electron chi connectivity index (χ1n) is 9.79. The van der Waals surface area contributed by atoms with E-state index in [0.717, 1.165) is 43.6 Å². The van der Waals surface area contributed by atoms with Crippen molar-refractivity contribution in [3.63, 3.8) is 0 Å². The van der Waals surface area contributed by atoms with Gasteiger partial charge in [-0.2, -0.15) is 9.40 Å². The molecule has 1 saturated heterocycles. The van der Waals surface area contributed by atoms with Crippen molar-refractivity contribution in [1.82, 2.24) is 18.7 Å². The molecule has 0 atom stereocenters. The van der Waals surface area contributed by atoms with Gasteiger partial charge in [-0.25, -0.2) is 22.3 Å². The fourth-order valence-electron chi connectivity index (χ4n) is 4.39. The highest BCUT2D eigenvalue weighted by Crippen LogP contribution is 2.34. The Hall–Kier alpha value is -2.00. The Bertz CT molecular complexity index is 999. The van der Waals surface area contributed by atoms with E-state index in [9.17, 15) is 17.6 Å². The van der Waals surface area contributed by atoms with Crippen LogP contribution >= 0.6 is 0 Å². The molecule has 4 rings (SSSR count). The van der Waals surface area contributed by atoms with Crippen LogP contribution in [0.25, 0.3) is 0 Å². The number of nitrogens with zero attached hydrogens (tertiary/aromatic N) is 4. The fraction of sp³-hybridized carbons (Fsp3) is 0.579. The van der Waals surface area contributed by atoms with Crippen LogP contribution in [0.3, 0.4) is 0 Å². The van der Waals surface area contributed by atoms with Crippen molar-refractivity contribution in [2.75, 3.05) is 13.1 Å². The van der Waals surface area contributed by atoms with Gasteiger partial charge in [-0.3, -0.25) is 4.57 Å². The Morgan fingerprint density at radius 1 is 1.04 bits per heavy atom. The van der Waals surface area contributed by atoms with Gasteiger partial charge >= 0.3 is 5.69 Å². The third-order valence-corrected chi connectivity index (χ3v) is 7.86. The predicted octanol–water partition coefficient (Wildman–Crippen LogP) is 2.40. The summed E-state index contributed by atoms with van der Waals surface area (Å²) in [6, 6.07) is 5.12. The molecule has 0 amide bonds. The highest BCUT2D eigenvalue weighted by atomic mass is 32.2. The fourth-order valence-corrected chi connectivity index (χ4v) is 5.86. The normalized spacial score (nSPS) is 20.1. The van der Waals surface area contributed by atoms with Crippen molar-refractivity contribution < 1.29 is 12.8 Å². The monoisotopic (exact) mass is 408 g/mol. The lowest BCUT2D eigenvalue weighted by molar-refractivity contribution is 0.304. The first-order chi connectivity index (χ1) is 13.4. The van der Waals surface area contributed by atoms with Gasteiger partial charge in [-0.1, -0.05) is 12.8 Å². The molecule has 2 fully saturated rings. The van der Waals surface area contributed by atoms with Crippen molar-refractivity contribution >= 4 is 10.0 Å². The van der Waals surface area contributed by atoms with Crippen LogP contribution in [0.5, 0.6) is 0 Å². The SMILES string of the molecule is Cn1nc(C2CCN(S(=O)(=O)c3ccc(F)cc3)CC2)n(C2CCCC2)c1=O. The second kappa shape index (κ2) is 7.44. The van der Waals surface area contributed by atoms with Crippen LogP contribution in [-0.2, 0) is 17.1 Å². The number of aryl methyl sites for hydroxylation is 1. The van der Waals surface area contributed by atoms with Crippen molar-refractivity contribution in [2.45, 2.75) is 55.4 Å². The lowest BCUT2D eigenvalue weighted by atomic mass is 9.97. The Balaban J connectivity index is 1.53. The third-order valence-electron chi connectivity index (χ3n) is 5.94. The average Bonchev–Trinajstić information content (AvgIpc) is 3.31. The zero-order chi connectivity index (χ0) is 19.9. The Labute approximate surface area is 163 Å². The van der Waals surface area contributed by atoms with Crippen molar-refractivity contribution in [3.05, 3.63) is 46.4 Å². The maximum absolute atomic E-state index is 13.1. The molecule has 0 unspecified atom stereocenters. The standard InChI is InChI=1S/C19H25FN4O3S/c1-22-19(25)24(16-4-2-3-5-16)18(21-22)14-10-12-23(13-11-14)28(26,27)17-8-6-15(20)7-9-17/h6-9,14,16H,2-5,10-13H2,1H3. The largest absolute Gasteiger partial charge is 0.345 e. The first kappa shape index (κ1) is 19.3. The van der Waals surface area contributed by atoms with Crippen molar-refractivity contribution in [3.8, 4) is 0 Å². The van der Waals surface area contributed by atoms with E-state index in [1.807, 2.05) is 4.57 Å². The molecule has 0 bridgehead atoms. The van der Waals surface area contributed by atoms with E-state index in [4.69, 9.17) is 0 Å². The highest BCUT2D eigenvalue weighted by Gasteiger charge is 2.34. The summed E-state index contributed by atoms with van der Waals surface area (Å²) in [5.41, 5.74) is -0.0803. The summed E-state index contributed by atoms with van der Waals surface area (Å²) in [7, 11) is -1.97. The van der Waals surface area contributed by atoms with E-state index in [2.05, 4.69) is 5.10 Å². The number of sulfonamides is 1. The van der Waals surface area contributed by atoms with E-state index in [-0.39, 0.29) is 22.5 Å². The average molecular weight is 408 g/mol. The lowest BCUT2D eigenvalue weighted by Gasteiger charge is -2.31. The smallest absolute Gasteiger partial charge is 0.276 e. The second-order valence-electron chi connectivity index (χ2n) is 7.70. The van der Waals surface area contributed by atoms with Crippen LogP contribution in [0.15, 0.2) is 34.0 Å². The zero-order valence-corrected chi connectivity index (χ0v) is 16.7. The second-order valence-corrected chi connectivity index (χ2v) is 9.64. The molecule has 0 radical (unpaired) electrons. The first-order valence-corrected chi connectivity index (χ1v) is 11.2. The van der Waals surface area contributed by atoms with Crippen molar-refractivity contribution in [1.29, 1.82) is 0 Å². The van der Waals surface area contributed by atoms with E-state index in [1.165, 1.54) is 21.1 Å². The number of aromatic nitrogens is 3.